The minimum atomic E-state index is -0.381. The summed E-state index contributed by atoms with van der Waals surface area (Å²) in [6, 6.07) is 8.21. The van der Waals surface area contributed by atoms with E-state index in [9.17, 15) is 9.18 Å². The Morgan fingerprint density at radius 1 is 1.18 bits per heavy atom. The Morgan fingerprint density at radius 3 is 2.82 bits per heavy atom. The summed E-state index contributed by atoms with van der Waals surface area (Å²) in [5.41, 5.74) is 3.47. The third-order valence-electron chi connectivity index (χ3n) is 7.20. The Hall–Kier alpha value is -3.68. The lowest BCUT2D eigenvalue weighted by molar-refractivity contribution is 0.0787. The largest absolute Gasteiger partial charge is 0.484 e. The fourth-order valence-corrected chi connectivity index (χ4v) is 4.99. The number of rotatable bonds is 9. The monoisotopic (exact) mass is 519 g/mol. The van der Waals surface area contributed by atoms with Crippen LogP contribution in [0.4, 0.5) is 4.39 Å². The zero-order chi connectivity index (χ0) is 26.9. The van der Waals surface area contributed by atoms with Crippen molar-refractivity contribution in [2.24, 2.45) is 0 Å². The van der Waals surface area contributed by atoms with Crippen molar-refractivity contribution in [2.45, 2.75) is 84.8 Å². The second-order valence-electron chi connectivity index (χ2n) is 10.7. The van der Waals surface area contributed by atoms with E-state index >= 15 is 0 Å². The molecule has 1 aliphatic rings. The summed E-state index contributed by atoms with van der Waals surface area (Å²) in [5, 5.41) is 9.17. The van der Waals surface area contributed by atoms with Crippen LogP contribution in [0.3, 0.4) is 0 Å². The highest BCUT2D eigenvalue weighted by Gasteiger charge is 2.32. The first-order valence-electron chi connectivity index (χ1n) is 13.4. The van der Waals surface area contributed by atoms with Crippen molar-refractivity contribution in [3.8, 4) is 17.2 Å². The molecule has 0 fully saturated rings. The van der Waals surface area contributed by atoms with Crippen molar-refractivity contribution in [3.63, 3.8) is 0 Å². The number of fused-ring (bicyclic) bond motifs is 2. The number of halogens is 1. The van der Waals surface area contributed by atoms with Crippen LogP contribution in [0, 0.1) is 12.7 Å². The number of nitrogens with zero attached hydrogens (tertiary/aromatic N) is 3. The van der Waals surface area contributed by atoms with E-state index in [1.165, 1.54) is 16.8 Å². The molecule has 0 bridgehead atoms. The Morgan fingerprint density at radius 2 is 2.03 bits per heavy atom. The van der Waals surface area contributed by atoms with Crippen LogP contribution in [0.25, 0.3) is 16.7 Å². The van der Waals surface area contributed by atoms with Gasteiger partial charge in [0, 0.05) is 10.9 Å². The zero-order valence-corrected chi connectivity index (χ0v) is 22.5. The molecule has 0 atom stereocenters. The summed E-state index contributed by atoms with van der Waals surface area (Å²) in [5.74, 6) is 0.654. The molecule has 0 saturated heterocycles. The first-order valence-corrected chi connectivity index (χ1v) is 13.4. The van der Waals surface area contributed by atoms with Gasteiger partial charge >= 0.3 is 5.63 Å². The molecule has 8 heteroatoms. The van der Waals surface area contributed by atoms with Crippen molar-refractivity contribution in [3.05, 3.63) is 75.2 Å². The van der Waals surface area contributed by atoms with Gasteiger partial charge in [-0.25, -0.2) is 13.9 Å². The number of benzene rings is 2. The third kappa shape index (κ3) is 5.30. The molecule has 2 aromatic carbocycles. The highest BCUT2D eigenvalue weighted by molar-refractivity contribution is 5.90. The molecule has 3 heterocycles. The maximum absolute atomic E-state index is 13.7. The lowest BCUT2D eigenvalue weighted by Crippen LogP contribution is -2.33. The molecule has 0 unspecified atom stereocenters. The van der Waals surface area contributed by atoms with Gasteiger partial charge in [-0.2, -0.15) is 0 Å². The van der Waals surface area contributed by atoms with Gasteiger partial charge < -0.3 is 13.9 Å². The fraction of sp³-hybridized carbons (Fsp3) is 0.433. The molecule has 1 aliphatic heterocycles. The minimum absolute atomic E-state index is 0.0756. The second kappa shape index (κ2) is 10.6. The molecule has 2 aromatic heterocycles. The fourth-order valence-electron chi connectivity index (χ4n) is 4.99. The maximum Gasteiger partial charge on any atom is 0.339 e. The number of hydrogen-bond acceptors (Lipinski definition) is 6. The molecular formula is C30H34FN3O4. The van der Waals surface area contributed by atoms with Crippen molar-refractivity contribution in [2.75, 3.05) is 0 Å². The van der Waals surface area contributed by atoms with Gasteiger partial charge in [0.2, 0.25) is 5.75 Å². The Bertz CT molecular complexity index is 1520. The van der Waals surface area contributed by atoms with E-state index in [2.05, 4.69) is 23.3 Å². The number of aryl methyl sites for hydroxylation is 2. The van der Waals surface area contributed by atoms with Gasteiger partial charge in [-0.15, -0.1) is 5.10 Å². The zero-order valence-electron chi connectivity index (χ0n) is 22.5. The highest BCUT2D eigenvalue weighted by Crippen LogP contribution is 2.45. The average Bonchev–Trinajstić information content (AvgIpc) is 3.35. The summed E-state index contributed by atoms with van der Waals surface area (Å²) in [6.07, 6.45) is 8.42. The molecule has 0 aliphatic carbocycles. The minimum Gasteiger partial charge on any atom is -0.484 e. The third-order valence-corrected chi connectivity index (χ3v) is 7.20. The Labute approximate surface area is 221 Å². The van der Waals surface area contributed by atoms with Gasteiger partial charge in [0.05, 0.1) is 11.9 Å². The van der Waals surface area contributed by atoms with Gasteiger partial charge in [0.25, 0.3) is 0 Å². The Kier molecular flexibility index (Phi) is 7.23. The number of aromatic nitrogens is 3. The summed E-state index contributed by atoms with van der Waals surface area (Å²) >= 11 is 0. The van der Waals surface area contributed by atoms with Gasteiger partial charge in [0.1, 0.15) is 23.7 Å². The molecule has 0 N–H and O–H groups in total. The van der Waals surface area contributed by atoms with Crippen LogP contribution in [0.5, 0.6) is 11.5 Å². The molecule has 4 aromatic rings. The smallest absolute Gasteiger partial charge is 0.339 e. The standard InChI is InChI=1S/C30H34FN3O4/c1-5-6-7-8-12-24-19(2)25-15-20-13-14-30(3,4)38-26(20)28(27(25)37-29(24)35)36-18-22-17-34(33-32-22)23-11-9-10-21(31)16-23/h9-11,15-17H,5-8,12-14,18H2,1-4H3. The first kappa shape index (κ1) is 25.9. The average molecular weight is 520 g/mol. The summed E-state index contributed by atoms with van der Waals surface area (Å²) in [4.78, 5) is 13.1. The molecule has 0 saturated carbocycles. The lowest BCUT2D eigenvalue weighted by atomic mass is 9.91. The first-order chi connectivity index (χ1) is 18.3. The lowest BCUT2D eigenvalue weighted by Gasteiger charge is -2.33. The maximum atomic E-state index is 13.7. The second-order valence-corrected chi connectivity index (χ2v) is 10.7. The molecule has 38 heavy (non-hydrogen) atoms. The topological polar surface area (TPSA) is 79.4 Å². The van der Waals surface area contributed by atoms with Gasteiger partial charge in [-0.05, 0) is 81.8 Å². The van der Waals surface area contributed by atoms with Crippen LogP contribution < -0.4 is 15.1 Å². The van der Waals surface area contributed by atoms with E-state index in [0.717, 1.165) is 60.6 Å². The van der Waals surface area contributed by atoms with Crippen LogP contribution in [0.2, 0.25) is 0 Å². The summed E-state index contributed by atoms with van der Waals surface area (Å²) in [7, 11) is 0. The molecule has 7 nitrogen and oxygen atoms in total. The number of ether oxygens (including phenoxy) is 2. The van der Waals surface area contributed by atoms with Crippen LogP contribution in [0.15, 0.2) is 45.7 Å². The van der Waals surface area contributed by atoms with E-state index in [4.69, 9.17) is 13.9 Å². The van der Waals surface area contributed by atoms with E-state index in [1.807, 2.05) is 20.8 Å². The normalized spacial score (nSPS) is 14.3. The predicted molar refractivity (Wildman–Crippen MR) is 144 cm³/mol. The predicted octanol–water partition coefficient (Wildman–Crippen LogP) is 6.63. The Balaban J connectivity index is 1.51. The van der Waals surface area contributed by atoms with E-state index in [1.54, 1.807) is 18.3 Å². The molecule has 0 spiro atoms. The molecule has 0 amide bonds. The van der Waals surface area contributed by atoms with E-state index in [-0.39, 0.29) is 23.7 Å². The van der Waals surface area contributed by atoms with Crippen molar-refractivity contribution in [1.29, 1.82) is 0 Å². The van der Waals surface area contributed by atoms with Crippen LogP contribution in [0.1, 0.15) is 75.3 Å². The summed E-state index contributed by atoms with van der Waals surface area (Å²) < 4.78 is 33.7. The summed E-state index contributed by atoms with van der Waals surface area (Å²) in [6.45, 7) is 8.31. The van der Waals surface area contributed by atoms with Crippen molar-refractivity contribution < 1.29 is 18.3 Å². The number of hydrogen-bond donors (Lipinski definition) is 0. The quantitative estimate of drug-likeness (QED) is 0.182. The van der Waals surface area contributed by atoms with E-state index < -0.39 is 0 Å². The molecular weight excluding hydrogens is 485 g/mol. The van der Waals surface area contributed by atoms with Crippen LogP contribution >= 0.6 is 0 Å². The van der Waals surface area contributed by atoms with Crippen molar-refractivity contribution >= 4 is 11.0 Å². The van der Waals surface area contributed by atoms with Crippen LogP contribution in [-0.4, -0.2) is 20.6 Å². The van der Waals surface area contributed by atoms with E-state index in [0.29, 0.717) is 34.9 Å². The molecule has 0 radical (unpaired) electrons. The highest BCUT2D eigenvalue weighted by atomic mass is 19.1. The molecule has 200 valence electrons. The van der Waals surface area contributed by atoms with Gasteiger partial charge in [0.15, 0.2) is 11.3 Å². The molecule has 5 rings (SSSR count). The SMILES string of the molecule is CCCCCCc1c(C)c2cc3c(c(OCc4cn(-c5cccc(F)c5)nn4)c2oc1=O)OC(C)(C)CC3. The number of unbranched alkanes of at least 4 members (excludes halogenated alkanes) is 3. The van der Waals surface area contributed by atoms with Gasteiger partial charge in [-0.1, -0.05) is 37.5 Å². The van der Waals surface area contributed by atoms with Crippen LogP contribution in [-0.2, 0) is 19.4 Å². The van der Waals surface area contributed by atoms with Gasteiger partial charge in [-0.3, -0.25) is 0 Å². The van der Waals surface area contributed by atoms with Crippen molar-refractivity contribution in [1.82, 2.24) is 15.0 Å².